The molecule has 0 aliphatic rings. The summed E-state index contributed by atoms with van der Waals surface area (Å²) in [7, 11) is 6.63. The molecule has 68 valence electrons. The van der Waals surface area contributed by atoms with Crippen LogP contribution in [0.2, 0.25) is 0 Å². The van der Waals surface area contributed by atoms with Crippen LogP contribution in [-0.4, -0.2) is 27.9 Å². The van der Waals surface area contributed by atoms with E-state index in [0.29, 0.717) is 17.2 Å². The number of ether oxygens (including phenoxy) is 3. The van der Waals surface area contributed by atoms with Crippen LogP contribution in [0, 0.1) is 0 Å². The first kappa shape index (κ1) is 9.64. The van der Waals surface area contributed by atoms with E-state index in [1.165, 1.54) is 6.15 Å². The van der Waals surface area contributed by atoms with Gasteiger partial charge in [-0.2, -0.15) is 0 Å². The van der Waals surface area contributed by atoms with Gasteiger partial charge < -0.3 is 0 Å². The molecule has 0 aliphatic carbocycles. The van der Waals surface area contributed by atoms with Crippen molar-refractivity contribution in [1.29, 1.82) is 0 Å². The molecule has 0 amide bonds. The SMILES string of the molecule is B=COc1ccc(OC)c(OC)c1. The van der Waals surface area contributed by atoms with Crippen molar-refractivity contribution in [2.45, 2.75) is 0 Å². The molecule has 0 bridgehead atoms. The Morgan fingerprint density at radius 1 is 1.15 bits per heavy atom. The van der Waals surface area contributed by atoms with Crippen LogP contribution in [0.25, 0.3) is 0 Å². The number of hydrogen-bond acceptors (Lipinski definition) is 3. The second kappa shape index (κ2) is 4.55. The third kappa shape index (κ3) is 2.24. The molecule has 0 atom stereocenters. The van der Waals surface area contributed by atoms with Crippen molar-refractivity contribution < 1.29 is 14.2 Å². The van der Waals surface area contributed by atoms with Crippen molar-refractivity contribution in [2.24, 2.45) is 0 Å². The third-order valence-electron chi connectivity index (χ3n) is 1.57. The molecule has 1 rings (SSSR count). The molecular formula is C9H11BO3. The van der Waals surface area contributed by atoms with Crippen LogP contribution in [0.5, 0.6) is 17.2 Å². The Hall–Kier alpha value is -1.45. The maximum absolute atomic E-state index is 5.08. The molecule has 4 heteroatoms. The number of hydrogen-bond donors (Lipinski definition) is 0. The average molecular weight is 178 g/mol. The van der Waals surface area contributed by atoms with Gasteiger partial charge >= 0.3 is 77.5 Å². The molecule has 0 aliphatic heterocycles. The van der Waals surface area contributed by atoms with E-state index in [-0.39, 0.29) is 0 Å². The molecule has 0 aromatic heterocycles. The fourth-order valence-electron chi connectivity index (χ4n) is 0.986. The number of methoxy groups -OCH3 is 2. The predicted molar refractivity (Wildman–Crippen MR) is 53.4 cm³/mol. The van der Waals surface area contributed by atoms with Crippen LogP contribution in [-0.2, 0) is 0 Å². The Labute approximate surface area is 78.3 Å². The van der Waals surface area contributed by atoms with Gasteiger partial charge in [-0.3, -0.25) is 0 Å². The predicted octanol–water partition coefficient (Wildman–Crippen LogP) is 0.743. The van der Waals surface area contributed by atoms with E-state index in [0.717, 1.165) is 0 Å². The maximum atomic E-state index is 5.08. The average Bonchev–Trinajstić information content (AvgIpc) is 2.18. The van der Waals surface area contributed by atoms with Gasteiger partial charge in [0.25, 0.3) is 0 Å². The fraction of sp³-hybridized carbons (Fsp3) is 0.222. The zero-order valence-electron chi connectivity index (χ0n) is 7.74. The number of rotatable bonds is 4. The van der Waals surface area contributed by atoms with Crippen LogP contribution in [0.3, 0.4) is 0 Å². The van der Waals surface area contributed by atoms with Gasteiger partial charge in [0.05, 0.1) is 0 Å². The van der Waals surface area contributed by atoms with Gasteiger partial charge in [0, 0.05) is 0 Å². The summed E-state index contributed by atoms with van der Waals surface area (Å²) in [5.74, 6) is 1.99. The van der Waals surface area contributed by atoms with Crippen LogP contribution in [0.4, 0.5) is 0 Å². The van der Waals surface area contributed by atoms with Crippen molar-refractivity contribution in [3.8, 4) is 17.2 Å². The van der Waals surface area contributed by atoms with Gasteiger partial charge in [0.15, 0.2) is 0 Å². The van der Waals surface area contributed by atoms with E-state index < -0.39 is 0 Å². The summed E-state index contributed by atoms with van der Waals surface area (Å²) >= 11 is 0. The second-order valence-corrected chi connectivity index (χ2v) is 2.30. The summed E-state index contributed by atoms with van der Waals surface area (Å²) in [5, 5.41) is 0. The van der Waals surface area contributed by atoms with Gasteiger partial charge in [0.2, 0.25) is 0 Å². The second-order valence-electron chi connectivity index (χ2n) is 2.30. The van der Waals surface area contributed by atoms with Crippen LogP contribution in [0.15, 0.2) is 18.2 Å². The van der Waals surface area contributed by atoms with Crippen LogP contribution in [0.1, 0.15) is 0 Å². The Balaban J connectivity index is 2.98. The first-order chi connectivity index (χ1) is 6.31. The number of benzene rings is 1. The van der Waals surface area contributed by atoms with Crippen molar-refractivity contribution in [2.75, 3.05) is 14.2 Å². The van der Waals surface area contributed by atoms with Gasteiger partial charge in [-0.05, 0) is 0 Å². The molecule has 0 heterocycles. The van der Waals surface area contributed by atoms with Crippen molar-refractivity contribution in [3.63, 3.8) is 0 Å². The molecule has 0 unspecified atom stereocenters. The van der Waals surface area contributed by atoms with Crippen LogP contribution >= 0.6 is 0 Å². The molecule has 1 aromatic carbocycles. The quantitative estimate of drug-likeness (QED) is 0.636. The molecule has 0 saturated carbocycles. The van der Waals surface area contributed by atoms with E-state index in [2.05, 4.69) is 7.49 Å². The molecule has 0 fully saturated rings. The normalized spacial score (nSPS) is 9.00. The van der Waals surface area contributed by atoms with Crippen LogP contribution < -0.4 is 14.2 Å². The summed E-state index contributed by atoms with van der Waals surface area (Å²) in [4.78, 5) is 0. The monoisotopic (exact) mass is 178 g/mol. The van der Waals surface area contributed by atoms with Gasteiger partial charge in [0.1, 0.15) is 0 Å². The Kier molecular flexibility index (Phi) is 3.37. The Morgan fingerprint density at radius 3 is 2.38 bits per heavy atom. The zero-order chi connectivity index (χ0) is 9.68. The summed E-state index contributed by atoms with van der Waals surface area (Å²) in [6.45, 7) is 0. The van der Waals surface area contributed by atoms with Gasteiger partial charge in [-0.15, -0.1) is 0 Å². The van der Waals surface area contributed by atoms with Crippen molar-refractivity contribution in [1.82, 2.24) is 0 Å². The fourth-order valence-corrected chi connectivity index (χ4v) is 0.986. The standard InChI is InChI=1S/C9H11BO3/c1-11-8-4-3-7(13-6-10)5-9(8)12-2/h3-6,10H,1-2H3. The summed E-state index contributed by atoms with van der Waals surface area (Å²) in [5.41, 5.74) is 0. The van der Waals surface area contributed by atoms with E-state index in [4.69, 9.17) is 14.2 Å². The molecule has 0 N–H and O–H groups in total. The minimum atomic E-state index is 0.641. The molecule has 0 saturated heterocycles. The molecule has 1 aromatic rings. The van der Waals surface area contributed by atoms with E-state index in [9.17, 15) is 0 Å². The van der Waals surface area contributed by atoms with E-state index in [1.54, 1.807) is 32.4 Å². The summed E-state index contributed by atoms with van der Waals surface area (Å²) in [6, 6.07) is 5.29. The topological polar surface area (TPSA) is 27.7 Å². The molecule has 0 radical (unpaired) electrons. The van der Waals surface area contributed by atoms with E-state index >= 15 is 0 Å². The van der Waals surface area contributed by atoms with Gasteiger partial charge in [-0.25, -0.2) is 0 Å². The Morgan fingerprint density at radius 2 is 1.85 bits per heavy atom. The van der Waals surface area contributed by atoms with Crippen molar-refractivity contribution in [3.05, 3.63) is 18.2 Å². The molecule has 0 spiro atoms. The first-order valence-corrected chi connectivity index (χ1v) is 3.81. The first-order valence-electron chi connectivity index (χ1n) is 3.81. The summed E-state index contributed by atoms with van der Waals surface area (Å²) in [6.07, 6.45) is 1.36. The minimum absolute atomic E-state index is 0.641. The van der Waals surface area contributed by atoms with Gasteiger partial charge in [-0.1, -0.05) is 0 Å². The third-order valence-corrected chi connectivity index (χ3v) is 1.57. The zero-order valence-corrected chi connectivity index (χ0v) is 7.74. The van der Waals surface area contributed by atoms with E-state index in [1.807, 2.05) is 0 Å². The summed E-state index contributed by atoms with van der Waals surface area (Å²) < 4.78 is 15.2. The molecular weight excluding hydrogens is 167 g/mol. The Bertz CT molecular complexity index is 299. The van der Waals surface area contributed by atoms with Crippen molar-refractivity contribution >= 4 is 13.6 Å². The molecule has 3 nitrogen and oxygen atoms in total. The molecule has 13 heavy (non-hydrogen) atoms.